The second kappa shape index (κ2) is 4.93. The summed E-state index contributed by atoms with van der Waals surface area (Å²) in [7, 11) is 1.48. The highest BCUT2D eigenvalue weighted by Gasteiger charge is 2.33. The van der Waals surface area contributed by atoms with Crippen LogP contribution in [-0.2, 0) is 0 Å². The van der Waals surface area contributed by atoms with Gasteiger partial charge in [0.1, 0.15) is 0 Å². The average molecular weight is 298 g/mol. The number of nitrogens with two attached hydrogens (primary N) is 1. The molecule has 2 amide bonds. The molecule has 2 aromatic rings. The number of carbonyl (C=O) groups excluding carboxylic acids is 2. The van der Waals surface area contributed by atoms with Crippen LogP contribution in [0, 0.1) is 6.92 Å². The normalized spacial score (nSPS) is 13.7. The largest absolute Gasteiger partial charge is 0.398 e. The number of anilines is 1. The van der Waals surface area contributed by atoms with Gasteiger partial charge in [0, 0.05) is 22.5 Å². The Morgan fingerprint density at radius 1 is 1.00 bits per heavy atom. The SMILES string of the molecule is Cc1ccc(Sc2cc3c(cc2N)C(=O)N(C)C3=O)cc1. The second-order valence-electron chi connectivity index (χ2n) is 5.02. The van der Waals surface area contributed by atoms with Crippen LogP contribution in [0.3, 0.4) is 0 Å². The number of rotatable bonds is 2. The minimum Gasteiger partial charge on any atom is -0.398 e. The highest BCUT2D eigenvalue weighted by molar-refractivity contribution is 7.99. The van der Waals surface area contributed by atoms with Crippen molar-refractivity contribution >= 4 is 29.3 Å². The Bertz CT molecular complexity index is 754. The van der Waals surface area contributed by atoms with Gasteiger partial charge in [0.2, 0.25) is 0 Å². The third kappa shape index (κ3) is 2.29. The average Bonchev–Trinajstić information content (AvgIpc) is 2.67. The molecular weight excluding hydrogens is 284 g/mol. The van der Waals surface area contributed by atoms with Gasteiger partial charge in [-0.25, -0.2) is 0 Å². The van der Waals surface area contributed by atoms with E-state index in [2.05, 4.69) is 0 Å². The summed E-state index contributed by atoms with van der Waals surface area (Å²) < 4.78 is 0. The van der Waals surface area contributed by atoms with E-state index in [4.69, 9.17) is 5.73 Å². The summed E-state index contributed by atoms with van der Waals surface area (Å²) in [6, 6.07) is 11.4. The zero-order valence-electron chi connectivity index (χ0n) is 11.7. The van der Waals surface area contributed by atoms with Gasteiger partial charge >= 0.3 is 0 Å². The molecule has 0 fully saturated rings. The van der Waals surface area contributed by atoms with Crippen LogP contribution in [0.4, 0.5) is 5.69 Å². The highest BCUT2D eigenvalue weighted by atomic mass is 32.2. The molecule has 1 aliphatic heterocycles. The summed E-state index contributed by atoms with van der Waals surface area (Å²) in [6.07, 6.45) is 0. The molecule has 0 bridgehead atoms. The Kier molecular flexibility index (Phi) is 3.22. The Morgan fingerprint density at radius 3 is 2.19 bits per heavy atom. The van der Waals surface area contributed by atoms with E-state index in [9.17, 15) is 9.59 Å². The molecule has 0 aliphatic carbocycles. The number of fused-ring (bicyclic) bond motifs is 1. The van der Waals surface area contributed by atoms with Gasteiger partial charge in [-0.15, -0.1) is 0 Å². The van der Waals surface area contributed by atoms with Crippen LogP contribution >= 0.6 is 11.8 Å². The van der Waals surface area contributed by atoms with E-state index in [0.717, 1.165) is 14.7 Å². The number of benzene rings is 2. The second-order valence-corrected chi connectivity index (χ2v) is 6.14. The Balaban J connectivity index is 2.00. The monoisotopic (exact) mass is 298 g/mol. The number of amides is 2. The molecule has 21 heavy (non-hydrogen) atoms. The van der Waals surface area contributed by atoms with Gasteiger partial charge in [0.25, 0.3) is 11.8 Å². The number of hydrogen-bond acceptors (Lipinski definition) is 4. The number of nitrogens with zero attached hydrogens (tertiary/aromatic N) is 1. The fourth-order valence-corrected chi connectivity index (χ4v) is 3.11. The quantitative estimate of drug-likeness (QED) is 0.684. The van der Waals surface area contributed by atoms with Gasteiger partial charge in [-0.05, 0) is 31.2 Å². The van der Waals surface area contributed by atoms with E-state index in [1.807, 2.05) is 31.2 Å². The minimum absolute atomic E-state index is 0.277. The van der Waals surface area contributed by atoms with Crippen molar-refractivity contribution in [2.45, 2.75) is 16.7 Å². The number of nitrogen functional groups attached to an aromatic ring is 1. The Hall–Kier alpha value is -2.27. The molecule has 1 heterocycles. The first-order valence-electron chi connectivity index (χ1n) is 6.48. The smallest absolute Gasteiger partial charge is 0.261 e. The summed E-state index contributed by atoms with van der Waals surface area (Å²) in [5, 5.41) is 0. The first-order chi connectivity index (χ1) is 9.97. The van der Waals surface area contributed by atoms with Crippen LogP contribution in [0.5, 0.6) is 0 Å². The van der Waals surface area contributed by atoms with Crippen molar-refractivity contribution in [1.29, 1.82) is 0 Å². The van der Waals surface area contributed by atoms with Crippen LogP contribution in [-0.4, -0.2) is 23.8 Å². The summed E-state index contributed by atoms with van der Waals surface area (Å²) in [4.78, 5) is 26.9. The number of aryl methyl sites for hydroxylation is 1. The molecule has 5 heteroatoms. The fraction of sp³-hybridized carbons (Fsp3) is 0.125. The lowest BCUT2D eigenvalue weighted by Gasteiger charge is -2.07. The van der Waals surface area contributed by atoms with Gasteiger partial charge in [-0.3, -0.25) is 14.5 Å². The molecule has 2 N–H and O–H groups in total. The third-order valence-electron chi connectivity index (χ3n) is 3.47. The van der Waals surface area contributed by atoms with Crippen LogP contribution in [0.15, 0.2) is 46.2 Å². The minimum atomic E-state index is -0.298. The molecule has 0 atom stereocenters. The van der Waals surface area contributed by atoms with Crippen LogP contribution in [0.2, 0.25) is 0 Å². The number of carbonyl (C=O) groups is 2. The standard InChI is InChI=1S/C16H14N2O2S/c1-9-3-5-10(6-4-9)21-14-8-12-11(7-13(14)17)15(19)18(2)16(12)20/h3-8H,17H2,1-2H3. The van der Waals surface area contributed by atoms with Crippen LogP contribution in [0.1, 0.15) is 26.3 Å². The predicted molar refractivity (Wildman–Crippen MR) is 82.6 cm³/mol. The Labute approximate surface area is 126 Å². The number of hydrogen-bond donors (Lipinski definition) is 1. The maximum atomic E-state index is 12.0. The van der Waals surface area contributed by atoms with E-state index in [1.54, 1.807) is 12.1 Å². The van der Waals surface area contributed by atoms with E-state index in [0.29, 0.717) is 16.8 Å². The summed E-state index contributed by atoms with van der Waals surface area (Å²) in [6.45, 7) is 2.03. The van der Waals surface area contributed by atoms with Crippen molar-refractivity contribution in [3.8, 4) is 0 Å². The summed E-state index contributed by atoms with van der Waals surface area (Å²) in [5.74, 6) is -0.575. The van der Waals surface area contributed by atoms with Crippen molar-refractivity contribution in [2.75, 3.05) is 12.8 Å². The molecule has 0 saturated heterocycles. The zero-order valence-corrected chi connectivity index (χ0v) is 12.5. The van der Waals surface area contributed by atoms with Crippen molar-refractivity contribution in [1.82, 2.24) is 4.90 Å². The van der Waals surface area contributed by atoms with E-state index < -0.39 is 0 Å². The summed E-state index contributed by atoms with van der Waals surface area (Å²) in [5.41, 5.74) is 8.52. The van der Waals surface area contributed by atoms with Crippen molar-refractivity contribution in [2.24, 2.45) is 0 Å². The van der Waals surface area contributed by atoms with Crippen molar-refractivity contribution < 1.29 is 9.59 Å². The molecular formula is C16H14N2O2S. The molecule has 2 aromatic carbocycles. The predicted octanol–water partition coefficient (Wildman–Crippen LogP) is 2.95. The van der Waals surface area contributed by atoms with Crippen molar-refractivity contribution in [3.05, 3.63) is 53.1 Å². The topological polar surface area (TPSA) is 63.4 Å². The third-order valence-corrected chi connectivity index (χ3v) is 4.55. The van der Waals surface area contributed by atoms with Gasteiger partial charge in [-0.2, -0.15) is 0 Å². The first kappa shape index (κ1) is 13.7. The molecule has 0 saturated carbocycles. The zero-order chi connectivity index (χ0) is 15.1. The van der Waals surface area contributed by atoms with Gasteiger partial charge in [0.05, 0.1) is 11.1 Å². The van der Waals surface area contributed by atoms with E-state index in [-0.39, 0.29) is 11.8 Å². The first-order valence-corrected chi connectivity index (χ1v) is 7.29. The van der Waals surface area contributed by atoms with Crippen molar-refractivity contribution in [3.63, 3.8) is 0 Å². The molecule has 1 aliphatic rings. The van der Waals surface area contributed by atoms with Gasteiger partial charge in [-0.1, -0.05) is 29.5 Å². The lowest BCUT2D eigenvalue weighted by Crippen LogP contribution is -2.24. The molecule has 0 aromatic heterocycles. The van der Waals surface area contributed by atoms with E-state index >= 15 is 0 Å². The van der Waals surface area contributed by atoms with Gasteiger partial charge in [0.15, 0.2) is 0 Å². The molecule has 0 spiro atoms. The Morgan fingerprint density at radius 2 is 1.57 bits per heavy atom. The van der Waals surface area contributed by atoms with Gasteiger partial charge < -0.3 is 5.73 Å². The lowest BCUT2D eigenvalue weighted by atomic mass is 10.1. The maximum Gasteiger partial charge on any atom is 0.261 e. The fourth-order valence-electron chi connectivity index (χ4n) is 2.23. The van der Waals surface area contributed by atoms with E-state index in [1.165, 1.54) is 24.4 Å². The highest BCUT2D eigenvalue weighted by Crippen LogP contribution is 2.36. The maximum absolute atomic E-state index is 12.0. The van der Waals surface area contributed by atoms with Crippen LogP contribution < -0.4 is 5.73 Å². The molecule has 3 rings (SSSR count). The molecule has 106 valence electrons. The lowest BCUT2D eigenvalue weighted by molar-refractivity contribution is 0.0693. The molecule has 0 unspecified atom stereocenters. The van der Waals surface area contributed by atoms with Crippen LogP contribution in [0.25, 0.3) is 0 Å². The molecule has 4 nitrogen and oxygen atoms in total. The summed E-state index contributed by atoms with van der Waals surface area (Å²) >= 11 is 1.49. The number of imide groups is 1. The molecule has 0 radical (unpaired) electrons.